The van der Waals surface area contributed by atoms with E-state index in [9.17, 15) is 8.42 Å². The Labute approximate surface area is 148 Å². The van der Waals surface area contributed by atoms with Gasteiger partial charge in [-0.2, -0.15) is 8.42 Å². The van der Waals surface area contributed by atoms with Crippen LogP contribution in [0.5, 0.6) is 0 Å². The van der Waals surface area contributed by atoms with Gasteiger partial charge >= 0.3 is 0 Å². The quantitative estimate of drug-likeness (QED) is 0.731. The average molecular weight is 372 g/mol. The molecular formula is C17H24O7S. The van der Waals surface area contributed by atoms with Gasteiger partial charge in [0.25, 0.3) is 10.1 Å². The molecule has 8 heteroatoms. The third-order valence-corrected chi connectivity index (χ3v) is 5.74. The highest BCUT2D eigenvalue weighted by Gasteiger charge is 2.57. The Kier molecular flexibility index (Phi) is 4.95. The largest absolute Gasteiger partial charge is 0.353 e. The fourth-order valence-electron chi connectivity index (χ4n) is 3.17. The van der Waals surface area contributed by atoms with Crippen LogP contribution in [0.1, 0.15) is 26.3 Å². The van der Waals surface area contributed by atoms with Gasteiger partial charge in [0.15, 0.2) is 12.1 Å². The molecule has 2 aliphatic heterocycles. The lowest BCUT2D eigenvalue weighted by Gasteiger charge is -2.26. The smallest absolute Gasteiger partial charge is 0.297 e. The van der Waals surface area contributed by atoms with Crippen LogP contribution >= 0.6 is 0 Å². The van der Waals surface area contributed by atoms with Crippen molar-refractivity contribution in [3.8, 4) is 0 Å². The first kappa shape index (κ1) is 18.8. The highest BCUT2D eigenvalue weighted by atomic mass is 32.2. The summed E-state index contributed by atoms with van der Waals surface area (Å²) < 4.78 is 53.1. The van der Waals surface area contributed by atoms with E-state index in [1.54, 1.807) is 32.9 Å². The number of hydrogen-bond acceptors (Lipinski definition) is 7. The van der Waals surface area contributed by atoms with Gasteiger partial charge in [-0.15, -0.1) is 0 Å². The molecular weight excluding hydrogens is 348 g/mol. The van der Waals surface area contributed by atoms with Crippen LogP contribution in [0.15, 0.2) is 29.2 Å². The number of methoxy groups -OCH3 is 1. The van der Waals surface area contributed by atoms with Gasteiger partial charge < -0.3 is 18.9 Å². The first-order chi connectivity index (χ1) is 11.6. The van der Waals surface area contributed by atoms with E-state index >= 15 is 0 Å². The van der Waals surface area contributed by atoms with Gasteiger partial charge in [0, 0.05) is 7.11 Å². The third-order valence-electron chi connectivity index (χ3n) is 4.33. The Bertz CT molecular complexity index is 713. The Morgan fingerprint density at radius 2 is 1.72 bits per heavy atom. The zero-order chi connectivity index (χ0) is 18.4. The molecule has 1 aromatic rings. The summed E-state index contributed by atoms with van der Waals surface area (Å²) in [4.78, 5) is 0.103. The molecule has 0 aromatic heterocycles. The fourth-order valence-corrected chi connectivity index (χ4v) is 4.26. The summed E-state index contributed by atoms with van der Waals surface area (Å²) in [5, 5.41) is 0. The molecule has 0 aliphatic carbocycles. The Hall–Kier alpha value is -1.03. The van der Waals surface area contributed by atoms with E-state index in [0.29, 0.717) is 0 Å². The van der Waals surface area contributed by atoms with Crippen LogP contribution in [0, 0.1) is 6.92 Å². The predicted molar refractivity (Wildman–Crippen MR) is 88.4 cm³/mol. The summed E-state index contributed by atoms with van der Waals surface area (Å²) in [6, 6.07) is 6.48. The highest BCUT2D eigenvalue weighted by molar-refractivity contribution is 7.86. The Morgan fingerprint density at radius 1 is 1.12 bits per heavy atom. The Morgan fingerprint density at radius 3 is 2.32 bits per heavy atom. The van der Waals surface area contributed by atoms with Gasteiger partial charge in [0.2, 0.25) is 0 Å². The maximum absolute atomic E-state index is 12.5. The standard InChI is InChI=1S/C17H24O7S/c1-10-6-8-12(9-7-10)25(18,19)24-11(2)13-14-15(16(20-5)21-13)23-17(3,4)22-14/h6-9,11,13-16H,1-5H3/t11-,13-,14+,15+,16+/m1/s1. The molecule has 0 amide bonds. The van der Waals surface area contributed by atoms with Gasteiger partial charge in [0.05, 0.1) is 4.90 Å². The van der Waals surface area contributed by atoms with E-state index in [4.69, 9.17) is 23.1 Å². The van der Waals surface area contributed by atoms with E-state index in [2.05, 4.69) is 0 Å². The minimum atomic E-state index is -3.91. The minimum Gasteiger partial charge on any atom is -0.353 e. The van der Waals surface area contributed by atoms with E-state index in [1.165, 1.54) is 19.2 Å². The van der Waals surface area contributed by atoms with Crippen LogP contribution in [-0.4, -0.2) is 52.0 Å². The molecule has 2 aliphatic rings. The molecule has 3 rings (SSSR count). The number of ether oxygens (including phenoxy) is 4. The summed E-state index contributed by atoms with van der Waals surface area (Å²) in [7, 11) is -2.41. The molecule has 0 spiro atoms. The first-order valence-electron chi connectivity index (χ1n) is 8.17. The van der Waals surface area contributed by atoms with Crippen LogP contribution in [-0.2, 0) is 33.2 Å². The highest BCUT2D eigenvalue weighted by Crippen LogP contribution is 2.40. The van der Waals surface area contributed by atoms with Gasteiger partial charge in [0.1, 0.15) is 24.4 Å². The zero-order valence-electron chi connectivity index (χ0n) is 15.0. The monoisotopic (exact) mass is 372 g/mol. The second kappa shape index (κ2) is 6.61. The molecule has 0 bridgehead atoms. The van der Waals surface area contributed by atoms with Crippen molar-refractivity contribution in [3.05, 3.63) is 29.8 Å². The number of rotatable bonds is 5. The molecule has 2 fully saturated rings. The summed E-state index contributed by atoms with van der Waals surface area (Å²) in [5.41, 5.74) is 0.968. The van der Waals surface area contributed by atoms with Crippen molar-refractivity contribution in [2.24, 2.45) is 0 Å². The second-order valence-electron chi connectivity index (χ2n) is 6.84. The molecule has 5 atom stereocenters. The Balaban J connectivity index is 1.76. The number of hydrogen-bond donors (Lipinski definition) is 0. The van der Waals surface area contributed by atoms with Crippen LogP contribution in [0.25, 0.3) is 0 Å². The SMILES string of the molecule is CO[C@H]1O[C@H]([C@@H](C)OS(=O)(=O)c2ccc(C)cc2)[C@@H]2OC(C)(C)O[C@H]12. The fraction of sp³-hybridized carbons (Fsp3) is 0.647. The molecule has 140 valence electrons. The number of fused-ring (bicyclic) bond motifs is 1. The van der Waals surface area contributed by atoms with E-state index in [1.807, 2.05) is 6.92 Å². The van der Waals surface area contributed by atoms with Crippen molar-refractivity contribution in [2.45, 2.75) is 69.1 Å². The lowest BCUT2D eigenvalue weighted by Crippen LogP contribution is -2.39. The molecule has 2 heterocycles. The molecule has 0 unspecified atom stereocenters. The predicted octanol–water partition coefficient (Wildman–Crippen LogP) is 1.98. The lowest BCUT2D eigenvalue weighted by molar-refractivity contribution is -0.234. The minimum absolute atomic E-state index is 0.103. The van der Waals surface area contributed by atoms with Gasteiger partial charge in [-0.3, -0.25) is 4.18 Å². The van der Waals surface area contributed by atoms with Crippen molar-refractivity contribution in [3.63, 3.8) is 0 Å². The van der Waals surface area contributed by atoms with Crippen LogP contribution in [0.3, 0.4) is 0 Å². The van der Waals surface area contributed by atoms with Crippen molar-refractivity contribution in [1.29, 1.82) is 0 Å². The molecule has 0 N–H and O–H groups in total. The summed E-state index contributed by atoms with van der Waals surface area (Å²) in [5.74, 6) is -0.788. The summed E-state index contributed by atoms with van der Waals surface area (Å²) >= 11 is 0. The van der Waals surface area contributed by atoms with Crippen LogP contribution in [0.4, 0.5) is 0 Å². The maximum Gasteiger partial charge on any atom is 0.297 e. The maximum atomic E-state index is 12.5. The van der Waals surface area contributed by atoms with Crippen molar-refractivity contribution >= 4 is 10.1 Å². The lowest BCUT2D eigenvalue weighted by atomic mass is 10.1. The van der Waals surface area contributed by atoms with Crippen molar-refractivity contribution in [2.75, 3.05) is 7.11 Å². The van der Waals surface area contributed by atoms with Crippen LogP contribution in [0.2, 0.25) is 0 Å². The molecule has 0 saturated carbocycles. The van der Waals surface area contributed by atoms with E-state index in [0.717, 1.165) is 5.56 Å². The van der Waals surface area contributed by atoms with Crippen molar-refractivity contribution in [1.82, 2.24) is 0 Å². The van der Waals surface area contributed by atoms with Crippen LogP contribution < -0.4 is 0 Å². The van der Waals surface area contributed by atoms with Crippen molar-refractivity contribution < 1.29 is 31.5 Å². The molecule has 1 aromatic carbocycles. The average Bonchev–Trinajstić information content (AvgIpc) is 2.99. The molecule has 7 nitrogen and oxygen atoms in total. The molecule has 2 saturated heterocycles. The molecule has 0 radical (unpaired) electrons. The second-order valence-corrected chi connectivity index (χ2v) is 8.41. The molecule has 25 heavy (non-hydrogen) atoms. The van der Waals surface area contributed by atoms with Gasteiger partial charge in [-0.25, -0.2) is 0 Å². The number of aryl methyl sites for hydroxylation is 1. The topological polar surface area (TPSA) is 80.3 Å². The van der Waals surface area contributed by atoms with E-state index in [-0.39, 0.29) is 4.90 Å². The summed E-state index contributed by atoms with van der Waals surface area (Å²) in [6.45, 7) is 7.12. The third kappa shape index (κ3) is 3.74. The van der Waals surface area contributed by atoms with E-state index < -0.39 is 46.6 Å². The van der Waals surface area contributed by atoms with Gasteiger partial charge in [-0.05, 0) is 39.8 Å². The summed E-state index contributed by atoms with van der Waals surface area (Å²) in [6.07, 6.45) is -2.93. The first-order valence-corrected chi connectivity index (χ1v) is 9.58. The number of benzene rings is 1. The zero-order valence-corrected chi connectivity index (χ0v) is 15.8. The normalized spacial score (nSPS) is 32.5. The van der Waals surface area contributed by atoms with Gasteiger partial charge in [-0.1, -0.05) is 17.7 Å².